The summed E-state index contributed by atoms with van der Waals surface area (Å²) in [5.74, 6) is -1.90. The fraction of sp³-hybridized carbons (Fsp3) is 0.367. The number of aliphatic hydroxyl groups excluding tert-OH is 1. The highest BCUT2D eigenvalue weighted by Gasteiger charge is 2.66. The van der Waals surface area contributed by atoms with Gasteiger partial charge in [0.25, 0.3) is 17.6 Å². The Morgan fingerprint density at radius 1 is 1.08 bits per heavy atom. The van der Waals surface area contributed by atoms with Gasteiger partial charge in [-0.05, 0) is 43.7 Å². The zero-order chi connectivity index (χ0) is 27.6. The number of morpholine rings is 1. The van der Waals surface area contributed by atoms with E-state index >= 15 is 0 Å². The first-order valence-corrected chi connectivity index (χ1v) is 13.3. The lowest BCUT2D eigenvalue weighted by atomic mass is 9.82. The Hall–Kier alpha value is -3.95. The fourth-order valence-electron chi connectivity index (χ4n) is 5.77. The van der Waals surface area contributed by atoms with E-state index in [1.165, 1.54) is 4.90 Å². The van der Waals surface area contributed by atoms with Crippen LogP contribution in [0.15, 0.2) is 66.8 Å². The van der Waals surface area contributed by atoms with Crippen LogP contribution in [-0.2, 0) is 24.7 Å². The minimum atomic E-state index is -1.74. The number of likely N-dealkylation sites (tertiary alicyclic amines) is 1. The molecule has 2 aromatic carbocycles. The standard InChI is InChI=1S/C30H33N3O6/c1-3-18-39-22-12-10-21(11-13-22)26(34)25-27(35)28(36)33(15-7-14-31-16-19-38-20-17-31)30(25)23-8-5-6-9-24(23)32(4-2)29(30)37/h3,5-6,8-13,34H,1,4,7,14-20H2,2H3/b26-25-. The largest absolute Gasteiger partial charge is 0.507 e. The first-order chi connectivity index (χ1) is 18.9. The minimum absolute atomic E-state index is 0.185. The molecule has 3 aliphatic rings. The van der Waals surface area contributed by atoms with Gasteiger partial charge in [0, 0.05) is 43.9 Å². The number of nitrogens with zero attached hydrogens (tertiary/aromatic N) is 3. The van der Waals surface area contributed by atoms with Gasteiger partial charge in [-0.25, -0.2) is 0 Å². The van der Waals surface area contributed by atoms with Crippen LogP contribution >= 0.6 is 0 Å². The molecule has 1 spiro atoms. The van der Waals surface area contributed by atoms with Gasteiger partial charge < -0.3 is 24.4 Å². The number of hydrogen-bond acceptors (Lipinski definition) is 7. The maximum atomic E-state index is 14.3. The van der Waals surface area contributed by atoms with Crippen molar-refractivity contribution in [2.45, 2.75) is 18.9 Å². The van der Waals surface area contributed by atoms with Gasteiger partial charge in [-0.2, -0.15) is 0 Å². The number of likely N-dealkylation sites (N-methyl/N-ethyl adjacent to an activating group) is 1. The van der Waals surface area contributed by atoms with Crippen LogP contribution in [0.2, 0.25) is 0 Å². The SMILES string of the molecule is C=CCOc1ccc(/C(O)=C2\C(=O)C(=O)N(CCCN3CCOCC3)C23C(=O)N(CC)c2ccccc23)cc1. The molecule has 2 aromatic rings. The van der Waals surface area contributed by atoms with Crippen LogP contribution in [0, 0.1) is 0 Å². The van der Waals surface area contributed by atoms with Crippen LogP contribution in [0.3, 0.4) is 0 Å². The van der Waals surface area contributed by atoms with Crippen molar-refractivity contribution in [3.8, 4) is 5.75 Å². The number of rotatable bonds is 9. The Morgan fingerprint density at radius 2 is 1.79 bits per heavy atom. The summed E-state index contributed by atoms with van der Waals surface area (Å²) in [4.78, 5) is 46.8. The van der Waals surface area contributed by atoms with E-state index in [2.05, 4.69) is 11.5 Å². The molecule has 1 unspecified atom stereocenters. The number of ketones is 1. The van der Waals surface area contributed by atoms with Crippen molar-refractivity contribution in [1.29, 1.82) is 0 Å². The van der Waals surface area contributed by atoms with Gasteiger partial charge in [0.2, 0.25) is 0 Å². The highest BCUT2D eigenvalue weighted by atomic mass is 16.5. The van der Waals surface area contributed by atoms with Gasteiger partial charge in [0.1, 0.15) is 18.1 Å². The number of hydrogen-bond donors (Lipinski definition) is 1. The number of aliphatic hydroxyl groups is 1. The second-order valence-electron chi connectivity index (χ2n) is 9.72. The number of Topliss-reactive ketones (excluding diaryl/α,β-unsaturated/α-hetero) is 1. The van der Waals surface area contributed by atoms with E-state index in [1.54, 1.807) is 47.4 Å². The number of carbonyl (C=O) groups excluding carboxylic acids is 3. The van der Waals surface area contributed by atoms with E-state index in [9.17, 15) is 19.5 Å². The van der Waals surface area contributed by atoms with E-state index in [0.717, 1.165) is 13.1 Å². The van der Waals surface area contributed by atoms with Gasteiger partial charge in [0.15, 0.2) is 5.54 Å². The van der Waals surface area contributed by atoms with Crippen LogP contribution in [0.1, 0.15) is 24.5 Å². The number of para-hydroxylation sites is 1. The van der Waals surface area contributed by atoms with Gasteiger partial charge in [0.05, 0.1) is 24.5 Å². The number of benzene rings is 2. The fourth-order valence-corrected chi connectivity index (χ4v) is 5.77. The lowest BCUT2D eigenvalue weighted by Gasteiger charge is -2.35. The molecular formula is C30H33N3O6. The Balaban J connectivity index is 1.60. The Labute approximate surface area is 227 Å². The molecule has 0 bridgehead atoms. The molecule has 2 saturated heterocycles. The lowest BCUT2D eigenvalue weighted by Crippen LogP contribution is -2.52. The third-order valence-electron chi connectivity index (χ3n) is 7.58. The smallest absolute Gasteiger partial charge is 0.296 e. The molecule has 0 aliphatic carbocycles. The predicted octanol–water partition coefficient (Wildman–Crippen LogP) is 2.92. The molecule has 2 fully saturated rings. The Bertz CT molecular complexity index is 1310. The van der Waals surface area contributed by atoms with Crippen molar-refractivity contribution in [3.63, 3.8) is 0 Å². The summed E-state index contributed by atoms with van der Waals surface area (Å²) in [5.41, 5.74) is -0.480. The number of carbonyl (C=O) groups is 3. The molecule has 204 valence electrons. The Morgan fingerprint density at radius 3 is 2.49 bits per heavy atom. The van der Waals surface area contributed by atoms with Gasteiger partial charge >= 0.3 is 0 Å². The summed E-state index contributed by atoms with van der Waals surface area (Å²) in [7, 11) is 0. The summed E-state index contributed by atoms with van der Waals surface area (Å²) in [5, 5.41) is 11.6. The summed E-state index contributed by atoms with van der Waals surface area (Å²) >= 11 is 0. The third-order valence-corrected chi connectivity index (χ3v) is 7.58. The predicted molar refractivity (Wildman–Crippen MR) is 146 cm³/mol. The first kappa shape index (κ1) is 26.6. The van der Waals surface area contributed by atoms with Gasteiger partial charge in [-0.15, -0.1) is 0 Å². The Kier molecular flexibility index (Phi) is 7.54. The first-order valence-electron chi connectivity index (χ1n) is 13.3. The molecule has 9 nitrogen and oxygen atoms in total. The number of amides is 2. The van der Waals surface area contributed by atoms with Crippen molar-refractivity contribution in [1.82, 2.24) is 9.80 Å². The van der Waals surface area contributed by atoms with Crippen molar-refractivity contribution in [2.75, 3.05) is 57.4 Å². The zero-order valence-corrected chi connectivity index (χ0v) is 22.1. The molecule has 2 amide bonds. The molecule has 0 saturated carbocycles. The van der Waals surface area contributed by atoms with Crippen LogP contribution < -0.4 is 9.64 Å². The maximum absolute atomic E-state index is 14.3. The van der Waals surface area contributed by atoms with E-state index in [0.29, 0.717) is 61.9 Å². The molecule has 0 aromatic heterocycles. The maximum Gasteiger partial charge on any atom is 0.296 e. The molecule has 5 rings (SSSR count). The van der Waals surface area contributed by atoms with E-state index < -0.39 is 23.1 Å². The summed E-state index contributed by atoms with van der Waals surface area (Å²) in [6, 6.07) is 13.7. The molecular weight excluding hydrogens is 498 g/mol. The van der Waals surface area contributed by atoms with Crippen LogP contribution in [0.25, 0.3) is 5.76 Å². The van der Waals surface area contributed by atoms with Crippen LogP contribution in [-0.4, -0.2) is 85.0 Å². The van der Waals surface area contributed by atoms with Crippen molar-refractivity contribution in [3.05, 3.63) is 77.9 Å². The van der Waals surface area contributed by atoms with Crippen molar-refractivity contribution in [2.24, 2.45) is 0 Å². The number of fused-ring (bicyclic) bond motifs is 2. The van der Waals surface area contributed by atoms with E-state index in [1.807, 2.05) is 19.1 Å². The number of ether oxygens (including phenoxy) is 2. The van der Waals surface area contributed by atoms with Gasteiger partial charge in [-0.3, -0.25) is 19.3 Å². The second-order valence-corrected chi connectivity index (χ2v) is 9.72. The van der Waals surface area contributed by atoms with E-state index in [4.69, 9.17) is 9.47 Å². The zero-order valence-electron chi connectivity index (χ0n) is 22.1. The second kappa shape index (κ2) is 11.0. The molecule has 1 atom stereocenters. The van der Waals surface area contributed by atoms with Crippen molar-refractivity contribution >= 4 is 29.0 Å². The number of anilines is 1. The summed E-state index contributed by atoms with van der Waals surface area (Å²) < 4.78 is 11.0. The molecule has 3 aliphatic heterocycles. The third kappa shape index (κ3) is 4.41. The minimum Gasteiger partial charge on any atom is -0.507 e. The molecule has 39 heavy (non-hydrogen) atoms. The highest BCUT2D eigenvalue weighted by molar-refractivity contribution is 6.50. The van der Waals surface area contributed by atoms with Gasteiger partial charge in [-0.1, -0.05) is 30.9 Å². The van der Waals surface area contributed by atoms with E-state index in [-0.39, 0.29) is 17.9 Å². The average molecular weight is 532 g/mol. The molecule has 1 N–H and O–H groups in total. The quantitative estimate of drug-likeness (QED) is 0.230. The molecule has 3 heterocycles. The molecule has 0 radical (unpaired) electrons. The highest BCUT2D eigenvalue weighted by Crippen LogP contribution is 2.53. The molecule has 9 heteroatoms. The summed E-state index contributed by atoms with van der Waals surface area (Å²) in [6.45, 7) is 9.93. The lowest BCUT2D eigenvalue weighted by molar-refractivity contribution is -0.143. The van der Waals surface area contributed by atoms with Crippen LogP contribution in [0.4, 0.5) is 5.69 Å². The summed E-state index contributed by atoms with van der Waals surface area (Å²) in [6.07, 6.45) is 2.18. The topological polar surface area (TPSA) is 99.6 Å². The normalized spacial score (nSPS) is 22.5. The monoisotopic (exact) mass is 531 g/mol. The van der Waals surface area contributed by atoms with Crippen LogP contribution in [0.5, 0.6) is 5.75 Å². The average Bonchev–Trinajstić information content (AvgIpc) is 3.35. The van der Waals surface area contributed by atoms with Crippen molar-refractivity contribution < 1.29 is 29.0 Å².